The van der Waals surface area contributed by atoms with Crippen LogP contribution in [0.25, 0.3) is 10.2 Å². The van der Waals surface area contributed by atoms with Crippen molar-refractivity contribution in [2.45, 2.75) is 26.3 Å². The van der Waals surface area contributed by atoms with E-state index in [0.29, 0.717) is 21.0 Å². The molecule has 2 heterocycles. The average Bonchev–Trinajstić information content (AvgIpc) is 2.95. The van der Waals surface area contributed by atoms with E-state index in [1.54, 1.807) is 31.2 Å². The Balaban J connectivity index is 1.98. The van der Waals surface area contributed by atoms with E-state index in [-0.39, 0.29) is 30.7 Å². The number of aryl methyl sites for hydroxylation is 1. The van der Waals surface area contributed by atoms with Crippen LogP contribution in [-0.2, 0) is 11.3 Å². The van der Waals surface area contributed by atoms with Crippen molar-refractivity contribution in [3.05, 3.63) is 61.6 Å². The Morgan fingerprint density at radius 1 is 1.22 bits per heavy atom. The first-order chi connectivity index (χ1) is 12.9. The summed E-state index contributed by atoms with van der Waals surface area (Å²) in [7, 11) is 0. The zero-order chi connectivity index (χ0) is 19.6. The number of carbonyl (C=O) groups is 2. The maximum absolute atomic E-state index is 12.7. The highest BCUT2D eigenvalue weighted by Gasteiger charge is 2.20. The van der Waals surface area contributed by atoms with E-state index in [4.69, 9.17) is 5.11 Å². The van der Waals surface area contributed by atoms with Crippen LogP contribution >= 0.6 is 11.3 Å². The van der Waals surface area contributed by atoms with E-state index in [9.17, 15) is 19.2 Å². The van der Waals surface area contributed by atoms with Gasteiger partial charge in [-0.2, -0.15) is 0 Å². The molecule has 0 aliphatic carbocycles. The molecule has 1 amide bonds. The molecule has 8 nitrogen and oxygen atoms in total. The Bertz CT molecular complexity index is 1130. The molecule has 2 aromatic heterocycles. The number of carboxylic acids is 1. The van der Waals surface area contributed by atoms with Crippen LogP contribution < -0.4 is 16.6 Å². The van der Waals surface area contributed by atoms with Crippen molar-refractivity contribution < 1.29 is 14.7 Å². The van der Waals surface area contributed by atoms with E-state index >= 15 is 0 Å². The lowest BCUT2D eigenvalue weighted by Crippen LogP contribution is -2.35. The van der Waals surface area contributed by atoms with E-state index < -0.39 is 17.2 Å². The summed E-state index contributed by atoms with van der Waals surface area (Å²) < 4.78 is 0.976. The van der Waals surface area contributed by atoms with Crippen molar-refractivity contribution in [2.75, 3.05) is 5.32 Å². The van der Waals surface area contributed by atoms with Crippen LogP contribution in [0.1, 0.15) is 28.1 Å². The number of aromatic nitrogens is 2. The summed E-state index contributed by atoms with van der Waals surface area (Å²) >= 11 is 1.04. The van der Waals surface area contributed by atoms with Crippen LogP contribution in [0.5, 0.6) is 0 Å². The number of rotatable bonds is 6. The number of nitrogens with zero attached hydrogens (tertiary/aromatic N) is 1. The minimum atomic E-state index is -0.993. The van der Waals surface area contributed by atoms with Crippen molar-refractivity contribution in [3.8, 4) is 0 Å². The zero-order valence-corrected chi connectivity index (χ0v) is 15.3. The van der Waals surface area contributed by atoms with Gasteiger partial charge in [-0.05, 0) is 31.0 Å². The molecular formula is C18H17N3O5S. The minimum Gasteiger partial charge on any atom is -0.481 e. The number of amides is 1. The van der Waals surface area contributed by atoms with Crippen molar-refractivity contribution in [1.29, 1.82) is 0 Å². The molecule has 140 valence electrons. The number of H-pyrrole nitrogens is 1. The molecule has 3 aromatic rings. The number of aliphatic carboxylic acids is 1. The molecule has 3 rings (SSSR count). The fraction of sp³-hybridized carbons (Fsp3) is 0.222. The van der Waals surface area contributed by atoms with Gasteiger partial charge in [-0.1, -0.05) is 18.2 Å². The number of hydrogen-bond acceptors (Lipinski definition) is 5. The van der Waals surface area contributed by atoms with Gasteiger partial charge in [0, 0.05) is 18.7 Å². The molecule has 0 atom stereocenters. The molecule has 0 aliphatic heterocycles. The van der Waals surface area contributed by atoms with E-state index in [0.717, 1.165) is 15.9 Å². The summed E-state index contributed by atoms with van der Waals surface area (Å²) in [4.78, 5) is 51.4. The SMILES string of the molecule is Cc1c(C(=O)Nc2ccccc2)sc2[nH]c(=O)n(CCCC(=O)O)c(=O)c12. The van der Waals surface area contributed by atoms with E-state index in [2.05, 4.69) is 10.3 Å². The molecule has 0 bridgehead atoms. The number of nitrogens with one attached hydrogen (secondary N) is 2. The van der Waals surface area contributed by atoms with Gasteiger partial charge in [0.25, 0.3) is 11.5 Å². The maximum Gasteiger partial charge on any atom is 0.329 e. The summed E-state index contributed by atoms with van der Waals surface area (Å²) in [6.45, 7) is 1.65. The van der Waals surface area contributed by atoms with Gasteiger partial charge in [0.15, 0.2) is 0 Å². The molecule has 0 spiro atoms. The van der Waals surface area contributed by atoms with Crippen LogP contribution in [-0.4, -0.2) is 26.5 Å². The molecule has 0 aliphatic rings. The number of benzene rings is 1. The van der Waals surface area contributed by atoms with Crippen molar-refractivity contribution in [1.82, 2.24) is 9.55 Å². The molecule has 3 N–H and O–H groups in total. The zero-order valence-electron chi connectivity index (χ0n) is 14.4. The summed E-state index contributed by atoms with van der Waals surface area (Å²) in [6, 6.07) is 8.91. The lowest BCUT2D eigenvalue weighted by atomic mass is 10.2. The van der Waals surface area contributed by atoms with Gasteiger partial charge in [-0.15, -0.1) is 11.3 Å². The molecule has 0 saturated heterocycles. The molecule has 27 heavy (non-hydrogen) atoms. The van der Waals surface area contributed by atoms with Crippen molar-refractivity contribution in [3.63, 3.8) is 0 Å². The van der Waals surface area contributed by atoms with Gasteiger partial charge in [-0.25, -0.2) is 4.79 Å². The van der Waals surface area contributed by atoms with Crippen molar-refractivity contribution >= 4 is 39.1 Å². The summed E-state index contributed by atoms with van der Waals surface area (Å²) in [5.74, 6) is -1.36. The van der Waals surface area contributed by atoms with Crippen LogP contribution in [0.4, 0.5) is 5.69 Å². The van der Waals surface area contributed by atoms with E-state index in [1.165, 1.54) is 0 Å². The van der Waals surface area contributed by atoms with Crippen LogP contribution in [0.15, 0.2) is 39.9 Å². The summed E-state index contributed by atoms with van der Waals surface area (Å²) in [5.41, 5.74) is -0.0311. The first-order valence-corrected chi connectivity index (χ1v) is 9.04. The fourth-order valence-corrected chi connectivity index (χ4v) is 3.85. The summed E-state index contributed by atoms with van der Waals surface area (Å²) in [6.07, 6.45) is 0.0195. The van der Waals surface area contributed by atoms with Crippen LogP contribution in [0.2, 0.25) is 0 Å². The second-order valence-electron chi connectivity index (χ2n) is 5.96. The number of carbonyl (C=O) groups excluding carboxylic acids is 1. The number of anilines is 1. The Hall–Kier alpha value is -3.20. The van der Waals surface area contributed by atoms with Gasteiger partial charge in [0.2, 0.25) is 0 Å². The number of para-hydroxylation sites is 1. The third-order valence-electron chi connectivity index (χ3n) is 4.08. The van der Waals surface area contributed by atoms with Crippen LogP contribution in [0.3, 0.4) is 0 Å². The lowest BCUT2D eigenvalue weighted by Gasteiger charge is -2.04. The largest absolute Gasteiger partial charge is 0.481 e. The number of aromatic amines is 1. The van der Waals surface area contributed by atoms with Crippen LogP contribution in [0, 0.1) is 6.92 Å². The Kier molecular flexibility index (Phi) is 5.22. The second kappa shape index (κ2) is 7.58. The number of thiophene rings is 1. The third kappa shape index (κ3) is 3.82. The second-order valence-corrected chi connectivity index (χ2v) is 6.99. The smallest absolute Gasteiger partial charge is 0.329 e. The molecule has 1 aromatic carbocycles. The standard InChI is InChI=1S/C18H17N3O5S/c1-10-13-16(20-18(26)21(17(13)25)9-5-8-12(22)23)27-14(10)15(24)19-11-6-3-2-4-7-11/h2-4,6-7H,5,8-9H2,1H3,(H,19,24)(H,20,26)(H,22,23). The minimum absolute atomic E-state index is 0.00274. The topological polar surface area (TPSA) is 121 Å². The highest BCUT2D eigenvalue weighted by Crippen LogP contribution is 2.27. The van der Waals surface area contributed by atoms with Gasteiger partial charge in [-0.3, -0.25) is 23.9 Å². The van der Waals surface area contributed by atoms with Gasteiger partial charge < -0.3 is 10.4 Å². The first-order valence-electron chi connectivity index (χ1n) is 8.23. The highest BCUT2D eigenvalue weighted by molar-refractivity contribution is 7.20. The first kappa shape index (κ1) is 18.6. The quantitative estimate of drug-likeness (QED) is 0.598. The molecule has 0 radical (unpaired) electrons. The fourth-order valence-electron chi connectivity index (χ4n) is 2.77. The molecule has 0 saturated carbocycles. The normalized spacial score (nSPS) is 10.9. The lowest BCUT2D eigenvalue weighted by molar-refractivity contribution is -0.137. The number of fused-ring (bicyclic) bond motifs is 1. The van der Waals surface area contributed by atoms with E-state index in [1.807, 2.05) is 6.07 Å². The number of carboxylic acid groups (broad SMARTS) is 1. The Morgan fingerprint density at radius 3 is 2.59 bits per heavy atom. The highest BCUT2D eigenvalue weighted by atomic mass is 32.1. The predicted molar refractivity (Wildman–Crippen MR) is 103 cm³/mol. The van der Waals surface area contributed by atoms with Gasteiger partial charge >= 0.3 is 11.7 Å². The molecule has 9 heteroatoms. The monoisotopic (exact) mass is 387 g/mol. The molecule has 0 unspecified atom stereocenters. The molecular weight excluding hydrogens is 370 g/mol. The predicted octanol–water partition coefficient (Wildman–Crippen LogP) is 2.18. The molecule has 0 fully saturated rings. The van der Waals surface area contributed by atoms with Gasteiger partial charge in [0.05, 0.1) is 10.3 Å². The maximum atomic E-state index is 12.7. The Labute approximate surface area is 157 Å². The average molecular weight is 387 g/mol. The third-order valence-corrected chi connectivity index (χ3v) is 5.29. The Morgan fingerprint density at radius 2 is 1.93 bits per heavy atom. The summed E-state index contributed by atoms with van der Waals surface area (Å²) in [5, 5.41) is 11.7. The van der Waals surface area contributed by atoms with Gasteiger partial charge in [0.1, 0.15) is 4.83 Å². The number of hydrogen-bond donors (Lipinski definition) is 3. The van der Waals surface area contributed by atoms with Crippen molar-refractivity contribution in [2.24, 2.45) is 0 Å².